The summed E-state index contributed by atoms with van der Waals surface area (Å²) < 4.78 is 0. The summed E-state index contributed by atoms with van der Waals surface area (Å²) in [5, 5.41) is 3.41. The molecule has 1 rings (SSSR count). The summed E-state index contributed by atoms with van der Waals surface area (Å²) in [6.45, 7) is 10.2. The molecule has 0 amide bonds. The molecule has 1 unspecified atom stereocenters. The van der Waals surface area contributed by atoms with Crippen LogP contribution in [0.15, 0.2) is 30.3 Å². The van der Waals surface area contributed by atoms with E-state index in [-0.39, 0.29) is 0 Å². The highest BCUT2D eigenvalue weighted by atomic mass is 15.1. The highest BCUT2D eigenvalue weighted by Gasteiger charge is 2.13. The van der Waals surface area contributed by atoms with E-state index in [1.807, 2.05) is 7.05 Å². The van der Waals surface area contributed by atoms with Crippen LogP contribution in [0.3, 0.4) is 0 Å². The van der Waals surface area contributed by atoms with Gasteiger partial charge < -0.3 is 10.2 Å². The molecule has 0 radical (unpaired) electrons. The zero-order valence-electron chi connectivity index (χ0n) is 11.6. The molecule has 0 spiro atoms. The van der Waals surface area contributed by atoms with Crippen LogP contribution in [0.1, 0.15) is 32.4 Å². The van der Waals surface area contributed by atoms with Crippen LogP contribution in [0.25, 0.3) is 0 Å². The summed E-state index contributed by atoms with van der Waals surface area (Å²) in [7, 11) is 2.04. The van der Waals surface area contributed by atoms with Crippen molar-refractivity contribution in [1.82, 2.24) is 10.2 Å². The highest BCUT2D eigenvalue weighted by molar-refractivity contribution is 5.19. The van der Waals surface area contributed by atoms with Gasteiger partial charge in [-0.25, -0.2) is 0 Å². The van der Waals surface area contributed by atoms with Crippen molar-refractivity contribution in [2.45, 2.75) is 26.8 Å². The third kappa shape index (κ3) is 4.88. The van der Waals surface area contributed by atoms with Crippen LogP contribution in [0.4, 0.5) is 0 Å². The molecule has 0 saturated heterocycles. The van der Waals surface area contributed by atoms with Gasteiger partial charge in [0.15, 0.2) is 0 Å². The lowest BCUT2D eigenvalue weighted by molar-refractivity contribution is 0.232. The second-order valence-corrected chi connectivity index (χ2v) is 5.00. The Hall–Kier alpha value is -0.860. The number of rotatable bonds is 7. The normalized spacial score (nSPS) is 13.3. The van der Waals surface area contributed by atoms with Crippen molar-refractivity contribution in [3.63, 3.8) is 0 Å². The molecule has 0 bridgehead atoms. The number of nitrogens with one attached hydrogen (secondary N) is 1. The van der Waals surface area contributed by atoms with E-state index in [1.54, 1.807) is 0 Å². The van der Waals surface area contributed by atoms with Gasteiger partial charge >= 0.3 is 0 Å². The van der Waals surface area contributed by atoms with Gasteiger partial charge in [0.2, 0.25) is 0 Å². The lowest BCUT2D eigenvalue weighted by Crippen LogP contribution is -2.36. The minimum atomic E-state index is 0.426. The van der Waals surface area contributed by atoms with Gasteiger partial charge in [-0.1, -0.05) is 51.1 Å². The summed E-state index contributed by atoms with van der Waals surface area (Å²) in [4.78, 5) is 2.51. The Morgan fingerprint density at radius 2 is 1.76 bits per heavy atom. The maximum absolute atomic E-state index is 3.41. The van der Waals surface area contributed by atoms with Gasteiger partial charge in [-0.3, -0.25) is 0 Å². The van der Waals surface area contributed by atoms with Crippen LogP contribution in [0, 0.1) is 5.92 Å². The first-order chi connectivity index (χ1) is 8.17. The van der Waals surface area contributed by atoms with E-state index in [1.165, 1.54) is 12.1 Å². The number of nitrogens with zero attached hydrogens (tertiary/aromatic N) is 1. The summed E-state index contributed by atoms with van der Waals surface area (Å²) in [6.07, 6.45) is 0. The zero-order valence-corrected chi connectivity index (χ0v) is 11.6. The molecular formula is C15H26N2. The van der Waals surface area contributed by atoms with Crippen LogP contribution < -0.4 is 5.32 Å². The van der Waals surface area contributed by atoms with Crippen LogP contribution in [-0.2, 0) is 0 Å². The zero-order chi connectivity index (χ0) is 12.7. The Bertz CT molecular complexity index is 295. The Kier molecular flexibility index (Phi) is 6.23. The molecule has 0 aliphatic rings. The standard InChI is InChI=1S/C15H26N2/c1-5-17(11-13(2)3)12-15(16-4)14-9-7-6-8-10-14/h6-10,13,15-16H,5,11-12H2,1-4H3. The largest absolute Gasteiger partial charge is 0.312 e. The molecule has 2 nitrogen and oxygen atoms in total. The number of benzene rings is 1. The van der Waals surface area contributed by atoms with Crippen molar-refractivity contribution in [2.24, 2.45) is 5.92 Å². The SMILES string of the molecule is CCN(CC(C)C)CC(NC)c1ccccc1. The van der Waals surface area contributed by atoms with Gasteiger partial charge in [0.25, 0.3) is 0 Å². The van der Waals surface area contributed by atoms with Gasteiger partial charge in [-0.2, -0.15) is 0 Å². The molecule has 1 aromatic carbocycles. The quantitative estimate of drug-likeness (QED) is 0.780. The second-order valence-electron chi connectivity index (χ2n) is 5.00. The van der Waals surface area contributed by atoms with Crippen molar-refractivity contribution in [3.05, 3.63) is 35.9 Å². The van der Waals surface area contributed by atoms with Gasteiger partial charge in [0.05, 0.1) is 0 Å². The van der Waals surface area contributed by atoms with Crippen LogP contribution in [0.2, 0.25) is 0 Å². The average Bonchev–Trinajstić information content (AvgIpc) is 2.35. The van der Waals surface area contributed by atoms with E-state index >= 15 is 0 Å². The van der Waals surface area contributed by atoms with E-state index < -0.39 is 0 Å². The van der Waals surface area contributed by atoms with Crippen molar-refractivity contribution in [3.8, 4) is 0 Å². The van der Waals surface area contributed by atoms with Gasteiger partial charge in [-0.05, 0) is 25.1 Å². The molecule has 0 aromatic heterocycles. The van der Waals surface area contributed by atoms with Crippen molar-refractivity contribution < 1.29 is 0 Å². The van der Waals surface area contributed by atoms with Gasteiger partial charge in [0.1, 0.15) is 0 Å². The van der Waals surface area contributed by atoms with Crippen LogP contribution in [0.5, 0.6) is 0 Å². The highest BCUT2D eigenvalue weighted by Crippen LogP contribution is 2.14. The van der Waals surface area contributed by atoms with E-state index in [4.69, 9.17) is 0 Å². The van der Waals surface area contributed by atoms with Crippen molar-refractivity contribution in [2.75, 3.05) is 26.7 Å². The predicted molar refractivity (Wildman–Crippen MR) is 75.2 cm³/mol. The lowest BCUT2D eigenvalue weighted by Gasteiger charge is -2.28. The number of hydrogen-bond acceptors (Lipinski definition) is 2. The monoisotopic (exact) mass is 234 g/mol. The van der Waals surface area contributed by atoms with Gasteiger partial charge in [-0.15, -0.1) is 0 Å². The van der Waals surface area contributed by atoms with Crippen LogP contribution >= 0.6 is 0 Å². The molecule has 1 atom stereocenters. The minimum absolute atomic E-state index is 0.426. The first-order valence-corrected chi connectivity index (χ1v) is 6.62. The fraction of sp³-hybridized carbons (Fsp3) is 0.600. The maximum Gasteiger partial charge on any atom is 0.0446 e. The number of likely N-dealkylation sites (N-methyl/N-ethyl adjacent to an activating group) is 2. The molecule has 0 aliphatic carbocycles. The third-order valence-electron chi connectivity index (χ3n) is 3.06. The molecule has 0 fully saturated rings. The van der Waals surface area contributed by atoms with Crippen molar-refractivity contribution >= 4 is 0 Å². The summed E-state index contributed by atoms with van der Waals surface area (Å²) in [6, 6.07) is 11.1. The number of hydrogen-bond donors (Lipinski definition) is 1. The van der Waals surface area contributed by atoms with E-state index in [9.17, 15) is 0 Å². The fourth-order valence-corrected chi connectivity index (χ4v) is 2.16. The average molecular weight is 234 g/mol. The Labute approximate surface area is 106 Å². The predicted octanol–water partition coefficient (Wildman–Crippen LogP) is 2.93. The molecule has 0 heterocycles. The lowest BCUT2D eigenvalue weighted by atomic mass is 10.1. The van der Waals surface area contributed by atoms with Crippen molar-refractivity contribution in [1.29, 1.82) is 0 Å². The van der Waals surface area contributed by atoms with E-state index in [2.05, 4.69) is 61.3 Å². The Balaban J connectivity index is 2.62. The first kappa shape index (κ1) is 14.2. The molecule has 2 heteroatoms. The van der Waals surface area contributed by atoms with E-state index in [0.29, 0.717) is 6.04 Å². The van der Waals surface area contributed by atoms with Crippen LogP contribution in [-0.4, -0.2) is 31.6 Å². The fourth-order valence-electron chi connectivity index (χ4n) is 2.16. The summed E-state index contributed by atoms with van der Waals surface area (Å²) in [5.74, 6) is 0.725. The smallest absolute Gasteiger partial charge is 0.0446 e. The topological polar surface area (TPSA) is 15.3 Å². The van der Waals surface area contributed by atoms with Gasteiger partial charge in [0, 0.05) is 19.1 Å². The molecule has 0 saturated carbocycles. The molecule has 96 valence electrons. The molecule has 1 N–H and O–H groups in total. The minimum Gasteiger partial charge on any atom is -0.312 e. The summed E-state index contributed by atoms with van der Waals surface area (Å²) >= 11 is 0. The summed E-state index contributed by atoms with van der Waals surface area (Å²) in [5.41, 5.74) is 1.37. The Morgan fingerprint density at radius 1 is 1.12 bits per heavy atom. The first-order valence-electron chi connectivity index (χ1n) is 6.62. The molecular weight excluding hydrogens is 208 g/mol. The molecule has 1 aromatic rings. The van der Waals surface area contributed by atoms with E-state index in [0.717, 1.165) is 19.0 Å². The third-order valence-corrected chi connectivity index (χ3v) is 3.06. The molecule has 0 aliphatic heterocycles. The second kappa shape index (κ2) is 7.46. The maximum atomic E-state index is 3.41. The Morgan fingerprint density at radius 3 is 2.24 bits per heavy atom. The molecule has 17 heavy (non-hydrogen) atoms.